The quantitative estimate of drug-likeness (QED) is 0.0476. The zero-order valence-corrected chi connectivity index (χ0v) is 43.2. The molecule has 0 spiro atoms. The predicted molar refractivity (Wildman–Crippen MR) is 263 cm³/mol. The van der Waals surface area contributed by atoms with E-state index in [1.807, 2.05) is 62.4 Å². The lowest BCUT2D eigenvalue weighted by atomic mass is 9.94. The summed E-state index contributed by atoms with van der Waals surface area (Å²) in [6.45, 7) is 12.1. The van der Waals surface area contributed by atoms with Gasteiger partial charge in [0.1, 0.15) is 46.9 Å². The average molecular weight is 1030 g/mol. The van der Waals surface area contributed by atoms with Crippen LogP contribution in [-0.2, 0) is 65.3 Å². The summed E-state index contributed by atoms with van der Waals surface area (Å²) in [7, 11) is 4.13. The second kappa shape index (κ2) is 26.2. The van der Waals surface area contributed by atoms with E-state index < -0.39 is 82.9 Å². The summed E-state index contributed by atoms with van der Waals surface area (Å²) in [6.07, 6.45) is 0.529. The van der Waals surface area contributed by atoms with Crippen molar-refractivity contribution < 1.29 is 71.1 Å². The Labute approximate surface area is 428 Å². The number of carbonyl (C=O) groups is 8. The van der Waals surface area contributed by atoms with E-state index in [1.165, 1.54) is 40.4 Å². The van der Waals surface area contributed by atoms with Crippen LogP contribution in [-0.4, -0.2) is 159 Å². The van der Waals surface area contributed by atoms with Crippen LogP contribution >= 0.6 is 0 Å². The number of nitrogens with zero attached hydrogens (tertiary/aromatic N) is 2. The molecule has 0 unspecified atom stereocenters. The van der Waals surface area contributed by atoms with Gasteiger partial charge in [0.25, 0.3) is 11.8 Å². The molecule has 8 atom stereocenters. The number of Topliss-reactive ketones (excluding diaryl/α,β-unsaturated/α-hetero) is 2. The predicted octanol–water partition coefficient (Wildman–Crippen LogP) is 0.879. The Morgan fingerprint density at radius 1 is 0.514 bits per heavy atom. The summed E-state index contributed by atoms with van der Waals surface area (Å²) in [5, 5.41) is 22.9. The van der Waals surface area contributed by atoms with E-state index in [4.69, 9.17) is 32.7 Å². The molecule has 2 aliphatic rings. The molecule has 2 aromatic carbocycles. The van der Waals surface area contributed by atoms with Crippen molar-refractivity contribution in [2.45, 2.75) is 109 Å². The topological polar surface area (TPSA) is 314 Å². The minimum atomic E-state index is -1.15. The number of rotatable bonds is 26. The molecule has 400 valence electrons. The number of amides is 6. The maximum atomic E-state index is 13.3. The first-order valence-electron chi connectivity index (χ1n) is 23.7. The fourth-order valence-corrected chi connectivity index (χ4v) is 7.26. The molecule has 6 N–H and O–H groups in total. The lowest BCUT2D eigenvalue weighted by Gasteiger charge is -2.25. The molecule has 2 aromatic heterocycles. The van der Waals surface area contributed by atoms with Crippen molar-refractivity contribution in [2.24, 2.45) is 0 Å². The summed E-state index contributed by atoms with van der Waals surface area (Å²) < 4.78 is 35.7. The number of methoxy groups -OCH3 is 3. The second-order valence-electron chi connectivity index (χ2n) is 18.6. The van der Waals surface area contributed by atoms with Gasteiger partial charge < -0.3 is 64.6 Å². The number of aryl methyl sites for hydroxylation is 4. The van der Waals surface area contributed by atoms with Crippen LogP contribution < -0.4 is 31.9 Å². The van der Waals surface area contributed by atoms with Gasteiger partial charge in [-0.15, -0.1) is 0 Å². The van der Waals surface area contributed by atoms with Gasteiger partial charge in [-0.2, -0.15) is 0 Å². The van der Waals surface area contributed by atoms with E-state index in [2.05, 4.69) is 42.2 Å². The number of benzene rings is 2. The summed E-state index contributed by atoms with van der Waals surface area (Å²) in [6, 6.07) is 12.0. The van der Waals surface area contributed by atoms with E-state index in [-0.39, 0.29) is 62.2 Å². The van der Waals surface area contributed by atoms with E-state index >= 15 is 0 Å². The molecule has 74 heavy (non-hydrogen) atoms. The minimum absolute atomic E-state index is 0.00385. The molecule has 23 heteroatoms. The summed E-state index contributed by atoms with van der Waals surface area (Å²) in [5.41, 5.74) is 2.01. The van der Waals surface area contributed by atoms with E-state index in [9.17, 15) is 38.4 Å². The highest BCUT2D eigenvalue weighted by Gasteiger charge is 2.51. The van der Waals surface area contributed by atoms with Crippen LogP contribution in [0.5, 0.6) is 0 Å². The fraction of sp³-hybridized carbons (Fsp3) is 0.490. The largest absolute Gasteiger partial charge is 0.382 e. The highest BCUT2D eigenvalue weighted by molar-refractivity contribution is 6.01. The Morgan fingerprint density at radius 3 is 1.16 bits per heavy atom. The van der Waals surface area contributed by atoms with Crippen molar-refractivity contribution in [3.63, 3.8) is 0 Å². The Morgan fingerprint density at radius 2 is 0.838 bits per heavy atom. The first-order valence-corrected chi connectivity index (χ1v) is 23.7. The van der Waals surface area contributed by atoms with Crippen molar-refractivity contribution in [2.75, 3.05) is 54.4 Å². The van der Waals surface area contributed by atoms with Crippen molar-refractivity contribution in [3.05, 3.63) is 106 Å². The van der Waals surface area contributed by atoms with Gasteiger partial charge in [-0.25, -0.2) is 0 Å². The highest BCUT2D eigenvalue weighted by atomic mass is 16.6. The standard InChI is InChI=1S/C26H34N4O8.C25H32N4O7/c1-15-6-8-17(9-7-15)11-18(22(31)26(3)14-37-26)27-24(33)20(12-35-4)29-25(34)21(13-36-5)28-23(32)19-10-16(2)38-30-19;1-14-6-8-17(9-7-14)11-18(21(30)25(4)13-35-25)27-22(31)16(3)26-24(33)20(12-34-5)28-23(32)19-10-15(2)36-29-19/h6-10,18,20-21H,11-14H2,1-5H3,(H,27,33)(H,28,32)(H,29,34);6-10,16,18,20H,11-13H2,1-5H3,(H,26,33)(H,27,31)(H,28,32)/t18-,20-,21-,26+;16-,18-,20-,25+/m00/s1. The molecule has 6 rings (SSSR count). The van der Waals surface area contributed by atoms with Crippen molar-refractivity contribution in [1.82, 2.24) is 42.2 Å². The van der Waals surface area contributed by atoms with E-state index in [1.54, 1.807) is 27.7 Å². The van der Waals surface area contributed by atoms with E-state index in [0.717, 1.165) is 22.3 Å². The molecule has 2 aliphatic heterocycles. The maximum absolute atomic E-state index is 13.3. The first-order chi connectivity index (χ1) is 35.1. The normalized spacial score (nSPS) is 18.8. The molecule has 0 saturated carbocycles. The molecule has 0 bridgehead atoms. The lowest BCUT2D eigenvalue weighted by Crippen LogP contribution is -2.59. The minimum Gasteiger partial charge on any atom is -0.382 e. The number of ether oxygens (including phenoxy) is 5. The van der Waals surface area contributed by atoms with Gasteiger partial charge in [-0.1, -0.05) is 70.0 Å². The number of epoxide rings is 2. The number of hydrogen-bond acceptors (Lipinski definition) is 17. The van der Waals surface area contributed by atoms with Gasteiger partial charge in [-0.3, -0.25) is 38.4 Å². The third-order valence-corrected chi connectivity index (χ3v) is 11.9. The fourth-order valence-electron chi connectivity index (χ4n) is 7.26. The Kier molecular flexibility index (Phi) is 20.4. The van der Waals surface area contributed by atoms with Crippen molar-refractivity contribution in [1.29, 1.82) is 0 Å². The molecule has 4 heterocycles. The third-order valence-electron chi connectivity index (χ3n) is 11.9. The molecular weight excluding hydrogens is 965 g/mol. The number of aromatic nitrogens is 2. The summed E-state index contributed by atoms with van der Waals surface area (Å²) >= 11 is 0. The van der Waals surface area contributed by atoms with Crippen LogP contribution in [0.4, 0.5) is 0 Å². The zero-order chi connectivity index (χ0) is 54.3. The van der Waals surface area contributed by atoms with Crippen LogP contribution in [0.1, 0.15) is 75.5 Å². The van der Waals surface area contributed by atoms with Crippen LogP contribution in [0.2, 0.25) is 0 Å². The molecule has 2 fully saturated rings. The van der Waals surface area contributed by atoms with Gasteiger partial charge in [0.15, 0.2) is 23.0 Å². The van der Waals surface area contributed by atoms with Crippen LogP contribution in [0.25, 0.3) is 0 Å². The molecule has 2 saturated heterocycles. The van der Waals surface area contributed by atoms with Crippen molar-refractivity contribution in [3.8, 4) is 0 Å². The summed E-state index contributed by atoms with van der Waals surface area (Å²) in [4.78, 5) is 103. The molecular formula is C51H66N8O15. The van der Waals surface area contributed by atoms with Crippen LogP contribution in [0.3, 0.4) is 0 Å². The lowest BCUT2D eigenvalue weighted by molar-refractivity contribution is -0.134. The van der Waals surface area contributed by atoms with E-state index in [0.29, 0.717) is 18.1 Å². The molecule has 23 nitrogen and oxygen atoms in total. The molecule has 0 aliphatic carbocycles. The van der Waals surface area contributed by atoms with Gasteiger partial charge in [0.05, 0.1) is 45.1 Å². The first kappa shape index (κ1) is 57.7. The zero-order valence-electron chi connectivity index (χ0n) is 43.2. The van der Waals surface area contributed by atoms with Crippen LogP contribution in [0, 0.1) is 27.7 Å². The van der Waals surface area contributed by atoms with Crippen molar-refractivity contribution >= 4 is 47.0 Å². The van der Waals surface area contributed by atoms with Gasteiger partial charge in [-0.05, 0) is 72.4 Å². The monoisotopic (exact) mass is 1030 g/mol. The number of ketones is 2. The Hall–Kier alpha value is -7.18. The number of carbonyl (C=O) groups excluding carboxylic acids is 8. The maximum Gasteiger partial charge on any atom is 0.274 e. The van der Waals surface area contributed by atoms with Gasteiger partial charge in [0, 0.05) is 33.5 Å². The summed E-state index contributed by atoms with van der Waals surface area (Å²) in [5.74, 6) is -3.38. The van der Waals surface area contributed by atoms with Gasteiger partial charge in [0.2, 0.25) is 23.6 Å². The highest BCUT2D eigenvalue weighted by Crippen LogP contribution is 2.30. The average Bonchev–Trinajstić information content (AvgIpc) is 4.20. The number of nitrogens with one attached hydrogen (secondary N) is 6. The number of hydrogen-bond donors (Lipinski definition) is 6. The second-order valence-corrected chi connectivity index (χ2v) is 18.6. The smallest absolute Gasteiger partial charge is 0.274 e. The Balaban J connectivity index is 0.000000274. The van der Waals surface area contributed by atoms with Crippen LogP contribution in [0.15, 0.2) is 69.7 Å². The Bertz CT molecular complexity index is 2610. The SMILES string of the molecule is COC[C@H](NC(=O)c1cc(C)on1)C(=O)N[C@@H](C)C(=O)N[C@@H](Cc1ccc(C)cc1)C(=O)[C@@]1(C)CO1.COC[C@H](NC(=O)c1cc(C)on1)C(=O)N[C@@H](COC)C(=O)N[C@@H](Cc1ccc(C)cc1)C(=O)[C@@]1(C)CO1. The molecule has 0 radical (unpaired) electrons. The molecule has 4 aromatic rings. The van der Waals surface area contributed by atoms with Gasteiger partial charge >= 0.3 is 0 Å². The molecule has 6 amide bonds. The third kappa shape index (κ3) is 16.7.